The van der Waals surface area contributed by atoms with E-state index < -0.39 is 0 Å². The van der Waals surface area contributed by atoms with E-state index in [0.717, 1.165) is 6.42 Å². The van der Waals surface area contributed by atoms with Crippen molar-refractivity contribution in [2.75, 3.05) is 0 Å². The summed E-state index contributed by atoms with van der Waals surface area (Å²) in [5, 5.41) is 14.6. The fourth-order valence-corrected chi connectivity index (χ4v) is 1.48. The molecule has 1 aliphatic rings. The molecule has 0 spiro atoms. The lowest BCUT2D eigenvalue weighted by atomic mass is 10.2. The molecule has 0 bridgehead atoms. The van der Waals surface area contributed by atoms with E-state index in [2.05, 4.69) is 29.4 Å². The van der Waals surface area contributed by atoms with Crippen molar-refractivity contribution in [3.05, 3.63) is 42.0 Å². The van der Waals surface area contributed by atoms with E-state index in [4.69, 9.17) is 0 Å². The first kappa shape index (κ1) is 10.6. The molecule has 0 radical (unpaired) electrons. The summed E-state index contributed by atoms with van der Waals surface area (Å²) in [6, 6.07) is 10.0. The zero-order chi connectivity index (χ0) is 11.4. The molecule has 3 heteroatoms. The van der Waals surface area contributed by atoms with Crippen molar-refractivity contribution in [2.45, 2.75) is 19.4 Å². The molecule has 82 valence electrons. The maximum atomic E-state index is 10.8. The second-order valence-corrected chi connectivity index (χ2v) is 3.73. The lowest BCUT2D eigenvalue weighted by Crippen LogP contribution is -2.47. The molecule has 0 aromatic heterocycles. The number of hydrazone groups is 1. The van der Waals surface area contributed by atoms with Crippen LogP contribution in [-0.4, -0.2) is 22.8 Å². The van der Waals surface area contributed by atoms with Gasteiger partial charge in [0.05, 0.1) is 0 Å². The molecular weight excluding hydrogens is 200 g/mol. The standard InChI is InChI=1S/C13H14N2O/c1-11-13(16)14-15(11)10-6-5-9-12-7-3-2-4-8-12/h2-5,7-11H,6H2,1H3/b9-5-,15-10-. The zero-order valence-electron chi connectivity index (χ0n) is 9.21. The van der Waals surface area contributed by atoms with Crippen LogP contribution in [0.3, 0.4) is 0 Å². The average molecular weight is 214 g/mol. The van der Waals surface area contributed by atoms with E-state index in [1.54, 1.807) is 4.68 Å². The van der Waals surface area contributed by atoms with Crippen LogP contribution in [0.2, 0.25) is 0 Å². The lowest BCUT2D eigenvalue weighted by molar-refractivity contribution is -0.593. The molecule has 0 aliphatic carbocycles. The van der Waals surface area contributed by atoms with Crippen LogP contribution in [0.5, 0.6) is 0 Å². The molecule has 1 unspecified atom stereocenters. The first-order valence-corrected chi connectivity index (χ1v) is 5.36. The summed E-state index contributed by atoms with van der Waals surface area (Å²) in [6.07, 6.45) is 6.82. The van der Waals surface area contributed by atoms with Gasteiger partial charge in [-0.1, -0.05) is 47.2 Å². The third kappa shape index (κ3) is 2.37. The minimum atomic E-state index is -0.0786. The van der Waals surface area contributed by atoms with Gasteiger partial charge in [0.2, 0.25) is 6.04 Å². The van der Waals surface area contributed by atoms with Gasteiger partial charge in [-0.3, -0.25) is 0 Å². The van der Waals surface area contributed by atoms with E-state index in [1.807, 2.05) is 31.3 Å². The fourth-order valence-electron chi connectivity index (χ4n) is 1.48. The van der Waals surface area contributed by atoms with Crippen molar-refractivity contribution < 1.29 is 9.79 Å². The van der Waals surface area contributed by atoms with Crippen LogP contribution in [0, 0.1) is 0 Å². The van der Waals surface area contributed by atoms with Crippen molar-refractivity contribution in [2.24, 2.45) is 5.10 Å². The number of hydrogen-bond donors (Lipinski definition) is 0. The Labute approximate surface area is 95.1 Å². The van der Waals surface area contributed by atoms with Crippen molar-refractivity contribution >= 4 is 18.2 Å². The Hall–Kier alpha value is -1.90. The summed E-state index contributed by atoms with van der Waals surface area (Å²) in [6.45, 7) is 1.85. The van der Waals surface area contributed by atoms with E-state index in [-0.39, 0.29) is 11.9 Å². The van der Waals surface area contributed by atoms with Gasteiger partial charge in [0.1, 0.15) is 5.90 Å². The minimum absolute atomic E-state index is 0.0386. The molecule has 0 amide bonds. The highest BCUT2D eigenvalue weighted by Crippen LogP contribution is 2.04. The lowest BCUT2D eigenvalue weighted by Gasteiger charge is -2.19. The Bertz CT molecular complexity index is 446. The highest BCUT2D eigenvalue weighted by atomic mass is 16.3. The SMILES string of the molecule is CC1C([O-])=N/[N+]1=C\C/C=C\c1ccccc1. The van der Waals surface area contributed by atoms with Crippen LogP contribution in [0.25, 0.3) is 6.08 Å². The third-order valence-corrected chi connectivity index (χ3v) is 2.51. The van der Waals surface area contributed by atoms with E-state index >= 15 is 0 Å². The topological polar surface area (TPSA) is 38.4 Å². The minimum Gasteiger partial charge on any atom is -0.853 e. The molecule has 1 atom stereocenters. The van der Waals surface area contributed by atoms with Gasteiger partial charge in [-0.25, -0.2) is 0 Å². The van der Waals surface area contributed by atoms with Crippen LogP contribution in [0.1, 0.15) is 18.9 Å². The Morgan fingerprint density at radius 2 is 2.12 bits per heavy atom. The largest absolute Gasteiger partial charge is 0.853 e. The van der Waals surface area contributed by atoms with Crippen LogP contribution in [-0.2, 0) is 0 Å². The Morgan fingerprint density at radius 3 is 2.75 bits per heavy atom. The predicted octanol–water partition coefficient (Wildman–Crippen LogP) is 1.25. The summed E-state index contributed by atoms with van der Waals surface area (Å²) in [5.41, 5.74) is 1.18. The van der Waals surface area contributed by atoms with Crippen molar-refractivity contribution in [1.82, 2.24) is 0 Å². The molecule has 1 heterocycles. The average Bonchev–Trinajstić information content (AvgIpc) is 2.34. The molecule has 0 fully saturated rings. The highest BCUT2D eigenvalue weighted by Gasteiger charge is 2.25. The number of hydrogen-bond acceptors (Lipinski definition) is 2. The summed E-state index contributed by atoms with van der Waals surface area (Å²) in [5.74, 6) is -0.0386. The first-order valence-electron chi connectivity index (χ1n) is 5.36. The summed E-state index contributed by atoms with van der Waals surface area (Å²) < 4.78 is 1.71. The molecule has 1 aromatic carbocycles. The van der Waals surface area contributed by atoms with Crippen molar-refractivity contribution in [3.8, 4) is 0 Å². The third-order valence-electron chi connectivity index (χ3n) is 2.51. The first-order chi connectivity index (χ1) is 7.77. The second kappa shape index (κ2) is 4.75. The van der Waals surface area contributed by atoms with Crippen LogP contribution in [0.15, 0.2) is 41.5 Å². The Morgan fingerprint density at radius 1 is 1.38 bits per heavy atom. The van der Waals surface area contributed by atoms with Gasteiger partial charge in [0.25, 0.3) is 0 Å². The molecule has 1 aromatic rings. The van der Waals surface area contributed by atoms with Gasteiger partial charge in [-0.05, 0) is 10.7 Å². The van der Waals surface area contributed by atoms with E-state index in [0.29, 0.717) is 0 Å². The van der Waals surface area contributed by atoms with Gasteiger partial charge in [-0.15, -0.1) is 0 Å². The van der Waals surface area contributed by atoms with Gasteiger partial charge in [0, 0.05) is 13.3 Å². The molecule has 0 saturated carbocycles. The van der Waals surface area contributed by atoms with E-state index in [9.17, 15) is 5.11 Å². The normalized spacial score (nSPS) is 22.2. The Balaban J connectivity index is 1.88. The number of benzene rings is 1. The number of allylic oxidation sites excluding steroid dienone is 1. The summed E-state index contributed by atoms with van der Waals surface area (Å²) in [7, 11) is 0. The van der Waals surface area contributed by atoms with Crippen LogP contribution >= 0.6 is 0 Å². The van der Waals surface area contributed by atoms with Gasteiger partial charge in [0.15, 0.2) is 6.21 Å². The van der Waals surface area contributed by atoms with Crippen LogP contribution in [0.4, 0.5) is 0 Å². The second-order valence-electron chi connectivity index (χ2n) is 3.73. The smallest absolute Gasteiger partial charge is 0.215 e. The quantitative estimate of drug-likeness (QED) is 0.698. The molecule has 2 rings (SSSR count). The molecule has 0 N–H and O–H groups in total. The Kier molecular flexibility index (Phi) is 3.15. The zero-order valence-corrected chi connectivity index (χ0v) is 9.21. The monoisotopic (exact) mass is 214 g/mol. The van der Waals surface area contributed by atoms with E-state index in [1.165, 1.54) is 5.56 Å². The van der Waals surface area contributed by atoms with Gasteiger partial charge < -0.3 is 5.11 Å². The van der Waals surface area contributed by atoms with Gasteiger partial charge >= 0.3 is 0 Å². The number of rotatable bonds is 3. The highest BCUT2D eigenvalue weighted by molar-refractivity contribution is 5.79. The van der Waals surface area contributed by atoms with Crippen LogP contribution < -0.4 is 5.11 Å². The molecule has 1 aliphatic heterocycles. The van der Waals surface area contributed by atoms with Crippen molar-refractivity contribution in [3.63, 3.8) is 0 Å². The van der Waals surface area contributed by atoms with Gasteiger partial charge in [-0.2, -0.15) is 0 Å². The molecule has 16 heavy (non-hydrogen) atoms. The number of nitrogens with zero attached hydrogens (tertiary/aromatic N) is 2. The molecule has 3 nitrogen and oxygen atoms in total. The maximum Gasteiger partial charge on any atom is 0.215 e. The van der Waals surface area contributed by atoms with Crippen molar-refractivity contribution in [1.29, 1.82) is 0 Å². The maximum absolute atomic E-state index is 10.8. The summed E-state index contributed by atoms with van der Waals surface area (Å²) >= 11 is 0. The molecular formula is C13H14N2O. The summed E-state index contributed by atoms with van der Waals surface area (Å²) in [4.78, 5) is 0. The fraction of sp³-hybridized carbons (Fsp3) is 0.231. The molecule has 0 saturated heterocycles. The predicted molar refractivity (Wildman–Crippen MR) is 63.3 cm³/mol.